The summed E-state index contributed by atoms with van der Waals surface area (Å²) in [5, 5.41) is 1.45. The number of hydrogen-bond acceptors (Lipinski definition) is 5. The number of thiophene rings is 1. The van der Waals surface area contributed by atoms with Gasteiger partial charge in [0, 0.05) is 16.2 Å². The van der Waals surface area contributed by atoms with E-state index in [2.05, 4.69) is 10.9 Å². The zero-order chi connectivity index (χ0) is 19.0. The highest BCUT2D eigenvalue weighted by Gasteiger charge is 2.18. The van der Waals surface area contributed by atoms with Gasteiger partial charge in [-0.15, -0.1) is 11.3 Å². The van der Waals surface area contributed by atoms with E-state index in [4.69, 9.17) is 16.0 Å². The zero-order valence-electron chi connectivity index (χ0n) is 13.6. The molecule has 0 aliphatic heterocycles. The van der Waals surface area contributed by atoms with Crippen LogP contribution in [0.2, 0.25) is 5.02 Å². The Morgan fingerprint density at radius 2 is 1.59 bits per heavy atom. The van der Waals surface area contributed by atoms with Crippen molar-refractivity contribution in [2.75, 3.05) is 0 Å². The van der Waals surface area contributed by atoms with Crippen LogP contribution >= 0.6 is 22.9 Å². The van der Waals surface area contributed by atoms with E-state index in [1.807, 2.05) is 24.3 Å². The zero-order valence-corrected chi connectivity index (χ0v) is 15.2. The largest absolute Gasteiger partial charge is 0.451 e. The fourth-order valence-corrected chi connectivity index (χ4v) is 4.02. The van der Waals surface area contributed by atoms with Crippen LogP contribution in [-0.2, 0) is 0 Å². The van der Waals surface area contributed by atoms with E-state index in [0.717, 1.165) is 16.2 Å². The molecule has 6 nitrogen and oxygen atoms in total. The van der Waals surface area contributed by atoms with Crippen molar-refractivity contribution in [2.24, 2.45) is 0 Å². The number of amides is 2. The molecule has 4 rings (SSSR count). The number of para-hydroxylation sites is 1. The van der Waals surface area contributed by atoms with Crippen LogP contribution in [0.25, 0.3) is 21.1 Å². The number of carbonyl (C=O) groups excluding carboxylic acids is 2. The smallest absolute Gasteiger partial charge is 0.305 e. The van der Waals surface area contributed by atoms with E-state index in [1.165, 1.54) is 11.3 Å². The van der Waals surface area contributed by atoms with Crippen molar-refractivity contribution in [3.63, 3.8) is 0 Å². The van der Waals surface area contributed by atoms with Crippen LogP contribution in [0.3, 0.4) is 0 Å². The minimum absolute atomic E-state index is 0.207. The number of carbonyl (C=O) groups is 2. The summed E-state index contributed by atoms with van der Waals surface area (Å²) >= 11 is 7.46. The standard InChI is InChI=1S/C19H11ClN2O4S/c20-16-11-6-2-4-8-15(11)27-17(16)19(25)22-21-18(24)14-9-12(23)10-5-1-3-7-13(10)26-14/h1-9H,(H,21,24)(H,22,25). The highest BCUT2D eigenvalue weighted by molar-refractivity contribution is 7.21. The van der Waals surface area contributed by atoms with E-state index in [9.17, 15) is 14.4 Å². The van der Waals surface area contributed by atoms with Crippen molar-refractivity contribution < 1.29 is 14.0 Å². The number of hydrogen-bond donors (Lipinski definition) is 2. The van der Waals surface area contributed by atoms with Gasteiger partial charge in [-0.25, -0.2) is 0 Å². The number of benzene rings is 2. The fraction of sp³-hybridized carbons (Fsp3) is 0. The molecule has 0 spiro atoms. The van der Waals surface area contributed by atoms with Gasteiger partial charge in [0.25, 0.3) is 5.91 Å². The average molecular weight is 399 g/mol. The van der Waals surface area contributed by atoms with Gasteiger partial charge in [0.05, 0.1) is 10.4 Å². The molecule has 134 valence electrons. The molecule has 0 fully saturated rings. The fourth-order valence-electron chi connectivity index (χ4n) is 2.61. The summed E-state index contributed by atoms with van der Waals surface area (Å²) in [7, 11) is 0. The molecule has 0 atom stereocenters. The van der Waals surface area contributed by atoms with Gasteiger partial charge < -0.3 is 4.42 Å². The Bertz CT molecular complexity index is 1260. The molecule has 0 saturated carbocycles. The second kappa shape index (κ2) is 6.86. The summed E-state index contributed by atoms with van der Waals surface area (Å²) in [5.74, 6) is -1.51. The molecule has 0 radical (unpaired) electrons. The van der Waals surface area contributed by atoms with E-state index in [1.54, 1.807) is 24.3 Å². The quantitative estimate of drug-likeness (QED) is 0.503. The Morgan fingerprint density at radius 3 is 2.37 bits per heavy atom. The lowest BCUT2D eigenvalue weighted by Crippen LogP contribution is -2.41. The van der Waals surface area contributed by atoms with Gasteiger partial charge in [0.15, 0.2) is 11.2 Å². The predicted molar refractivity (Wildman–Crippen MR) is 104 cm³/mol. The molecule has 0 aliphatic carbocycles. The van der Waals surface area contributed by atoms with Crippen molar-refractivity contribution in [1.82, 2.24) is 10.9 Å². The summed E-state index contributed by atoms with van der Waals surface area (Å²) in [6, 6.07) is 15.0. The first-order valence-electron chi connectivity index (χ1n) is 7.85. The van der Waals surface area contributed by atoms with Crippen LogP contribution in [0.15, 0.2) is 63.8 Å². The van der Waals surface area contributed by atoms with E-state index < -0.39 is 11.8 Å². The maximum absolute atomic E-state index is 12.4. The van der Waals surface area contributed by atoms with Crippen LogP contribution < -0.4 is 16.3 Å². The normalized spacial score (nSPS) is 10.9. The number of halogens is 1. The lowest BCUT2D eigenvalue weighted by atomic mass is 10.2. The molecule has 2 aromatic carbocycles. The first kappa shape index (κ1) is 17.3. The molecule has 2 amide bonds. The van der Waals surface area contributed by atoms with Crippen molar-refractivity contribution in [3.05, 3.63) is 80.5 Å². The third-order valence-corrected chi connectivity index (χ3v) is 5.56. The van der Waals surface area contributed by atoms with Crippen molar-refractivity contribution in [1.29, 1.82) is 0 Å². The van der Waals surface area contributed by atoms with Gasteiger partial charge in [0.2, 0.25) is 0 Å². The van der Waals surface area contributed by atoms with E-state index in [0.29, 0.717) is 10.4 Å². The monoisotopic (exact) mass is 398 g/mol. The van der Waals surface area contributed by atoms with Gasteiger partial charge in [-0.1, -0.05) is 41.9 Å². The lowest BCUT2D eigenvalue weighted by Gasteiger charge is -2.06. The third-order valence-electron chi connectivity index (χ3n) is 3.89. The average Bonchev–Trinajstić information content (AvgIpc) is 3.03. The highest BCUT2D eigenvalue weighted by Crippen LogP contribution is 2.34. The molecular weight excluding hydrogens is 388 g/mol. The number of rotatable bonds is 2. The number of fused-ring (bicyclic) bond motifs is 2. The molecule has 8 heteroatoms. The first-order valence-corrected chi connectivity index (χ1v) is 9.04. The molecule has 0 unspecified atom stereocenters. The van der Waals surface area contributed by atoms with E-state index >= 15 is 0 Å². The maximum atomic E-state index is 12.4. The predicted octanol–water partition coefficient (Wildman–Crippen LogP) is 3.74. The van der Waals surface area contributed by atoms with Crippen LogP contribution in [0, 0.1) is 0 Å². The van der Waals surface area contributed by atoms with Crippen molar-refractivity contribution in [2.45, 2.75) is 0 Å². The van der Waals surface area contributed by atoms with Crippen molar-refractivity contribution in [3.8, 4) is 0 Å². The Morgan fingerprint density at radius 1 is 0.926 bits per heavy atom. The highest BCUT2D eigenvalue weighted by atomic mass is 35.5. The van der Waals surface area contributed by atoms with Crippen LogP contribution in [0.5, 0.6) is 0 Å². The molecule has 0 aliphatic rings. The molecule has 0 saturated heterocycles. The van der Waals surface area contributed by atoms with Gasteiger partial charge >= 0.3 is 5.91 Å². The molecular formula is C19H11ClN2O4S. The van der Waals surface area contributed by atoms with Gasteiger partial charge in [-0.2, -0.15) is 0 Å². The summed E-state index contributed by atoms with van der Waals surface area (Å²) in [5.41, 5.74) is 4.47. The maximum Gasteiger partial charge on any atom is 0.305 e. The molecule has 0 bridgehead atoms. The minimum atomic E-state index is -0.747. The van der Waals surface area contributed by atoms with Gasteiger partial charge in [0.1, 0.15) is 10.5 Å². The summed E-state index contributed by atoms with van der Waals surface area (Å²) in [6.07, 6.45) is 0. The number of nitrogens with one attached hydrogen (secondary N) is 2. The van der Waals surface area contributed by atoms with Crippen molar-refractivity contribution >= 4 is 55.8 Å². The number of hydrazine groups is 1. The Kier molecular flexibility index (Phi) is 4.39. The Labute approximate surface area is 161 Å². The second-order valence-corrected chi connectivity index (χ2v) is 7.05. The first-order chi connectivity index (χ1) is 13.0. The molecule has 2 aromatic heterocycles. The Hall–Kier alpha value is -3.16. The molecule has 27 heavy (non-hydrogen) atoms. The Balaban J connectivity index is 1.54. The summed E-state index contributed by atoms with van der Waals surface area (Å²) in [4.78, 5) is 36.9. The minimum Gasteiger partial charge on any atom is -0.451 e. The summed E-state index contributed by atoms with van der Waals surface area (Å²) < 4.78 is 6.29. The summed E-state index contributed by atoms with van der Waals surface area (Å²) in [6.45, 7) is 0. The molecule has 2 heterocycles. The third kappa shape index (κ3) is 3.18. The second-order valence-electron chi connectivity index (χ2n) is 5.62. The van der Waals surface area contributed by atoms with Crippen LogP contribution in [0.1, 0.15) is 20.2 Å². The van der Waals surface area contributed by atoms with Crippen LogP contribution in [0.4, 0.5) is 0 Å². The van der Waals surface area contributed by atoms with Gasteiger partial charge in [-0.3, -0.25) is 25.2 Å². The van der Waals surface area contributed by atoms with Gasteiger partial charge in [-0.05, 0) is 18.2 Å². The van der Waals surface area contributed by atoms with E-state index in [-0.39, 0.29) is 21.6 Å². The SMILES string of the molecule is O=C(NNC(=O)c1sc2ccccc2c1Cl)c1cc(=O)c2ccccc2o1. The molecule has 2 N–H and O–H groups in total. The van der Waals surface area contributed by atoms with Crippen LogP contribution in [-0.4, -0.2) is 11.8 Å². The topological polar surface area (TPSA) is 88.4 Å². The lowest BCUT2D eigenvalue weighted by molar-refractivity contribution is 0.0833. The molecule has 4 aromatic rings.